The van der Waals surface area contributed by atoms with Crippen molar-refractivity contribution in [3.63, 3.8) is 0 Å². The Bertz CT molecular complexity index is 607. The number of carbonyl (C=O) groups excluding carboxylic acids is 1. The van der Waals surface area contributed by atoms with Crippen LogP contribution in [-0.4, -0.2) is 21.2 Å². The van der Waals surface area contributed by atoms with Crippen molar-refractivity contribution >= 4 is 6.03 Å². The van der Waals surface area contributed by atoms with E-state index in [1.54, 1.807) is 0 Å². The Morgan fingerprint density at radius 1 is 1.22 bits per heavy atom. The second kappa shape index (κ2) is 7.26. The third-order valence-electron chi connectivity index (χ3n) is 4.51. The first kappa shape index (κ1) is 15.5. The van der Waals surface area contributed by atoms with Crippen LogP contribution in [0.1, 0.15) is 56.1 Å². The molecule has 1 heterocycles. The van der Waals surface area contributed by atoms with Gasteiger partial charge in [0, 0.05) is 0 Å². The molecule has 23 heavy (non-hydrogen) atoms. The number of aromatic amines is 1. The number of rotatable bonds is 5. The fourth-order valence-corrected chi connectivity index (χ4v) is 3.30. The maximum absolute atomic E-state index is 12.4. The summed E-state index contributed by atoms with van der Waals surface area (Å²) in [6.07, 6.45) is 6.25. The summed E-state index contributed by atoms with van der Waals surface area (Å²) in [6, 6.07) is 9.89. The lowest BCUT2D eigenvalue weighted by Gasteiger charge is -2.26. The fourth-order valence-electron chi connectivity index (χ4n) is 3.30. The minimum atomic E-state index is -0.211. The second-order valence-corrected chi connectivity index (χ2v) is 6.14. The Hall–Kier alpha value is -2.37. The van der Waals surface area contributed by atoms with Crippen LogP contribution in [0.4, 0.5) is 4.79 Å². The Morgan fingerprint density at radius 2 is 1.96 bits per heavy atom. The normalized spacial score (nSPS) is 17.6. The van der Waals surface area contributed by atoms with Crippen LogP contribution >= 0.6 is 0 Å². The molecule has 0 bridgehead atoms. The molecule has 1 aromatic heterocycles. The molecule has 1 aliphatic carbocycles. The summed E-state index contributed by atoms with van der Waals surface area (Å²) in [5.41, 5.74) is 1.17. The van der Waals surface area contributed by atoms with E-state index in [4.69, 9.17) is 0 Å². The van der Waals surface area contributed by atoms with Gasteiger partial charge in [-0.25, -0.2) is 9.78 Å². The molecule has 6 heteroatoms. The molecule has 3 rings (SSSR count). The van der Waals surface area contributed by atoms with Crippen molar-refractivity contribution in [1.29, 1.82) is 0 Å². The van der Waals surface area contributed by atoms with E-state index in [0.29, 0.717) is 11.7 Å². The van der Waals surface area contributed by atoms with Crippen LogP contribution in [0.15, 0.2) is 36.7 Å². The summed E-state index contributed by atoms with van der Waals surface area (Å²) >= 11 is 0. The van der Waals surface area contributed by atoms with Crippen LogP contribution < -0.4 is 10.6 Å². The first-order valence-corrected chi connectivity index (χ1v) is 8.21. The highest BCUT2D eigenvalue weighted by molar-refractivity contribution is 5.74. The Labute approximate surface area is 136 Å². The van der Waals surface area contributed by atoms with Gasteiger partial charge in [-0.1, -0.05) is 43.2 Å². The van der Waals surface area contributed by atoms with Crippen molar-refractivity contribution in [2.45, 2.75) is 44.7 Å². The molecule has 1 aromatic carbocycles. The van der Waals surface area contributed by atoms with Crippen molar-refractivity contribution in [3.05, 3.63) is 48.0 Å². The highest BCUT2D eigenvalue weighted by Gasteiger charge is 2.28. The van der Waals surface area contributed by atoms with E-state index in [1.165, 1.54) is 24.7 Å². The lowest BCUT2D eigenvalue weighted by molar-refractivity contribution is 0.227. The Kier molecular flexibility index (Phi) is 4.90. The molecule has 6 nitrogen and oxygen atoms in total. The lowest BCUT2D eigenvalue weighted by Crippen LogP contribution is -2.41. The molecule has 2 atom stereocenters. The fraction of sp³-hybridized carbons (Fsp3) is 0.471. The van der Waals surface area contributed by atoms with Crippen LogP contribution in [0.5, 0.6) is 0 Å². The van der Waals surface area contributed by atoms with E-state index >= 15 is 0 Å². The molecule has 0 unspecified atom stereocenters. The standard InChI is InChI=1S/C17H23N5O/c1-12(16-18-11-19-22-16)20-17(23)21-15(14-9-5-6-10-14)13-7-3-2-4-8-13/h2-4,7-8,11-12,14-15H,5-6,9-10H2,1H3,(H,18,19,22)(H2,20,21,23)/t12-,15+/m1/s1. The van der Waals surface area contributed by atoms with Gasteiger partial charge < -0.3 is 10.6 Å². The van der Waals surface area contributed by atoms with Crippen LogP contribution in [0, 0.1) is 5.92 Å². The zero-order valence-corrected chi connectivity index (χ0v) is 13.3. The minimum Gasteiger partial charge on any atom is -0.331 e. The minimum absolute atomic E-state index is 0.0561. The Morgan fingerprint density at radius 3 is 2.61 bits per heavy atom. The van der Waals surface area contributed by atoms with Gasteiger partial charge in [0.2, 0.25) is 0 Å². The van der Waals surface area contributed by atoms with Crippen molar-refractivity contribution in [3.8, 4) is 0 Å². The smallest absolute Gasteiger partial charge is 0.315 e. The molecule has 1 aliphatic rings. The van der Waals surface area contributed by atoms with Gasteiger partial charge in [-0.15, -0.1) is 0 Å². The average Bonchev–Trinajstić information content (AvgIpc) is 3.26. The molecule has 122 valence electrons. The third-order valence-corrected chi connectivity index (χ3v) is 4.51. The van der Waals surface area contributed by atoms with Crippen molar-refractivity contribution in [2.24, 2.45) is 5.92 Å². The van der Waals surface area contributed by atoms with Gasteiger partial charge in [-0.2, -0.15) is 5.10 Å². The van der Waals surface area contributed by atoms with Crippen LogP contribution in [0.2, 0.25) is 0 Å². The molecule has 1 fully saturated rings. The molecule has 0 radical (unpaired) electrons. The first-order valence-electron chi connectivity index (χ1n) is 8.21. The highest BCUT2D eigenvalue weighted by atomic mass is 16.2. The van der Waals surface area contributed by atoms with E-state index < -0.39 is 0 Å². The van der Waals surface area contributed by atoms with Crippen molar-refractivity contribution in [1.82, 2.24) is 25.8 Å². The summed E-state index contributed by atoms with van der Waals surface area (Å²) in [5.74, 6) is 1.15. The third kappa shape index (κ3) is 3.88. The number of carbonyl (C=O) groups is 1. The average molecular weight is 313 g/mol. The molecule has 0 spiro atoms. The summed E-state index contributed by atoms with van der Waals surface area (Å²) in [4.78, 5) is 16.5. The SMILES string of the molecule is C[C@@H](NC(=O)N[C@@H](c1ccccc1)C1CCCC1)c1ncn[nH]1. The molecule has 3 N–H and O–H groups in total. The lowest BCUT2D eigenvalue weighted by atomic mass is 9.92. The molecule has 0 aliphatic heterocycles. The number of hydrogen-bond donors (Lipinski definition) is 3. The van der Waals surface area contributed by atoms with Gasteiger partial charge in [0.15, 0.2) is 0 Å². The van der Waals surface area contributed by atoms with E-state index in [9.17, 15) is 4.79 Å². The van der Waals surface area contributed by atoms with Gasteiger partial charge in [0.05, 0.1) is 12.1 Å². The predicted octanol–water partition coefficient (Wildman–Crippen LogP) is 3.10. The second-order valence-electron chi connectivity index (χ2n) is 6.14. The molecular weight excluding hydrogens is 290 g/mol. The van der Waals surface area contributed by atoms with Gasteiger partial charge in [-0.3, -0.25) is 5.10 Å². The number of H-pyrrole nitrogens is 1. The van der Waals surface area contributed by atoms with Gasteiger partial charge in [0.25, 0.3) is 0 Å². The number of nitrogens with zero attached hydrogens (tertiary/aromatic N) is 2. The van der Waals surface area contributed by atoms with E-state index in [-0.39, 0.29) is 18.1 Å². The van der Waals surface area contributed by atoms with E-state index in [2.05, 4.69) is 37.9 Å². The molecule has 2 aromatic rings. The quantitative estimate of drug-likeness (QED) is 0.793. The largest absolute Gasteiger partial charge is 0.331 e. The number of hydrogen-bond acceptors (Lipinski definition) is 3. The summed E-state index contributed by atoms with van der Waals surface area (Å²) in [7, 11) is 0. The van der Waals surface area contributed by atoms with Crippen LogP contribution in [-0.2, 0) is 0 Å². The number of nitrogens with one attached hydrogen (secondary N) is 3. The molecule has 1 saturated carbocycles. The predicted molar refractivity (Wildman–Crippen MR) is 87.6 cm³/mol. The first-order chi connectivity index (χ1) is 11.2. The summed E-state index contributed by atoms with van der Waals surface area (Å²) in [5, 5.41) is 12.7. The monoisotopic (exact) mass is 313 g/mol. The van der Waals surface area contributed by atoms with Gasteiger partial charge in [-0.05, 0) is 31.2 Å². The van der Waals surface area contributed by atoms with Gasteiger partial charge >= 0.3 is 6.03 Å². The number of aromatic nitrogens is 3. The zero-order chi connectivity index (χ0) is 16.1. The van der Waals surface area contributed by atoms with Crippen molar-refractivity contribution in [2.75, 3.05) is 0 Å². The Balaban J connectivity index is 1.67. The zero-order valence-electron chi connectivity index (χ0n) is 13.3. The molecule has 2 amide bonds. The maximum atomic E-state index is 12.4. The van der Waals surface area contributed by atoms with Gasteiger partial charge in [0.1, 0.15) is 12.2 Å². The number of benzene rings is 1. The highest BCUT2D eigenvalue weighted by Crippen LogP contribution is 2.35. The van der Waals surface area contributed by atoms with E-state index in [1.807, 2.05) is 25.1 Å². The number of amides is 2. The van der Waals surface area contributed by atoms with Crippen molar-refractivity contribution < 1.29 is 4.79 Å². The number of urea groups is 1. The molecule has 0 saturated heterocycles. The topological polar surface area (TPSA) is 82.7 Å². The summed E-state index contributed by atoms with van der Waals surface area (Å²) < 4.78 is 0. The molecular formula is C17H23N5O. The maximum Gasteiger partial charge on any atom is 0.315 e. The summed E-state index contributed by atoms with van der Waals surface area (Å²) in [6.45, 7) is 1.88. The van der Waals surface area contributed by atoms with Crippen LogP contribution in [0.25, 0.3) is 0 Å². The van der Waals surface area contributed by atoms with E-state index in [0.717, 1.165) is 12.8 Å². The van der Waals surface area contributed by atoms with Crippen LogP contribution in [0.3, 0.4) is 0 Å².